The number of pyridine rings is 1. The number of rotatable bonds is 15. The van der Waals surface area contributed by atoms with E-state index in [0.29, 0.717) is 6.42 Å². The molecule has 0 aliphatic rings. The molecule has 1 heterocycles. The average Bonchev–Trinajstić information content (AvgIpc) is 3.13. The van der Waals surface area contributed by atoms with Gasteiger partial charge >= 0.3 is 6.09 Å². The van der Waals surface area contributed by atoms with Crippen LogP contribution in [0.1, 0.15) is 58.2 Å². The first-order chi connectivity index (χ1) is 25.1. The predicted molar refractivity (Wildman–Crippen MR) is 207 cm³/mol. The van der Waals surface area contributed by atoms with Crippen LogP contribution in [0.5, 0.6) is 0 Å². The average molecular weight is 723 g/mol. The van der Waals surface area contributed by atoms with Crippen molar-refractivity contribution in [1.29, 1.82) is 0 Å². The van der Waals surface area contributed by atoms with Gasteiger partial charge in [-0.15, -0.1) is 0 Å². The van der Waals surface area contributed by atoms with Crippen LogP contribution in [-0.2, 0) is 33.9 Å². The fourth-order valence-electron chi connectivity index (χ4n) is 5.63. The summed E-state index contributed by atoms with van der Waals surface area (Å²) in [7, 11) is 0. The number of nitrogens with two attached hydrogens (primary N) is 1. The fourth-order valence-corrected chi connectivity index (χ4v) is 5.63. The van der Waals surface area contributed by atoms with Crippen molar-refractivity contribution in [3.05, 3.63) is 126 Å². The molecule has 0 saturated heterocycles. The summed E-state index contributed by atoms with van der Waals surface area (Å²) in [6.45, 7) is 11.4. The van der Waals surface area contributed by atoms with Crippen LogP contribution in [0.15, 0.2) is 109 Å². The summed E-state index contributed by atoms with van der Waals surface area (Å²) in [5.74, 6) is -0.881. The molecule has 1 unspecified atom stereocenters. The van der Waals surface area contributed by atoms with Crippen LogP contribution in [0.2, 0.25) is 0 Å². The fraction of sp³-hybridized carbons (Fsp3) is 0.381. The third-order valence-corrected chi connectivity index (χ3v) is 8.87. The van der Waals surface area contributed by atoms with Gasteiger partial charge in [-0.25, -0.2) is 9.80 Å². The predicted octanol–water partition coefficient (Wildman–Crippen LogP) is 5.38. The minimum Gasteiger partial charge on any atom is -0.445 e. The minimum absolute atomic E-state index is 0.0470. The zero-order chi connectivity index (χ0) is 38.6. The Morgan fingerprint density at radius 3 is 1.92 bits per heavy atom. The highest BCUT2D eigenvalue weighted by molar-refractivity contribution is 5.86. The molecule has 6 N–H and O–H groups in total. The summed E-state index contributed by atoms with van der Waals surface area (Å²) in [5, 5.41) is 19.2. The number of carbonyl (C=O) groups excluding carboxylic acids is 3. The Bertz CT molecular complexity index is 1740. The molecule has 11 nitrogen and oxygen atoms in total. The van der Waals surface area contributed by atoms with Crippen LogP contribution in [-0.4, -0.2) is 63.8 Å². The van der Waals surface area contributed by atoms with E-state index in [0.717, 1.165) is 27.9 Å². The van der Waals surface area contributed by atoms with Crippen molar-refractivity contribution < 1.29 is 24.2 Å². The first kappa shape index (κ1) is 40.7. The summed E-state index contributed by atoms with van der Waals surface area (Å²) in [4.78, 5) is 44.8. The van der Waals surface area contributed by atoms with Gasteiger partial charge in [0, 0.05) is 24.8 Å². The van der Waals surface area contributed by atoms with Crippen LogP contribution in [0.25, 0.3) is 11.3 Å². The van der Waals surface area contributed by atoms with Crippen molar-refractivity contribution in [2.24, 2.45) is 16.6 Å². The number of benzene rings is 3. The standard InChI is InChI=1S/C42H54N6O5/c1-41(2,3)36(43)38(50)45-34(25-29-15-9-7-10-16-29)35(49)27-48(26-30-20-22-32(23-21-30)33-19-13-14-24-44-33)47-39(51)37(42(4,5)6)46-40(52)53-28-31-17-11-8-12-18-31/h7-24,34-37,49H,25-28,43H2,1-6H3,(H,45,50)(H,46,52)(H,47,51)/t34-,35-,36+,37?/m0/s1. The number of ether oxygens (including phenoxy) is 1. The lowest BCUT2D eigenvalue weighted by Crippen LogP contribution is -2.60. The van der Waals surface area contributed by atoms with E-state index in [1.54, 1.807) is 11.2 Å². The van der Waals surface area contributed by atoms with Crippen molar-refractivity contribution in [1.82, 2.24) is 26.1 Å². The maximum atomic E-state index is 14.1. The van der Waals surface area contributed by atoms with Crippen molar-refractivity contribution >= 4 is 17.9 Å². The molecular weight excluding hydrogens is 668 g/mol. The molecule has 0 fully saturated rings. The Labute approximate surface area is 313 Å². The Balaban J connectivity index is 1.58. The van der Waals surface area contributed by atoms with Crippen LogP contribution in [0.3, 0.4) is 0 Å². The first-order valence-electron chi connectivity index (χ1n) is 17.9. The number of aliphatic hydroxyl groups excluding tert-OH is 1. The van der Waals surface area contributed by atoms with E-state index in [9.17, 15) is 19.5 Å². The molecule has 4 aromatic rings. The topological polar surface area (TPSA) is 159 Å². The van der Waals surface area contributed by atoms with Gasteiger partial charge in [0.1, 0.15) is 12.6 Å². The van der Waals surface area contributed by atoms with Crippen LogP contribution in [0.4, 0.5) is 4.79 Å². The van der Waals surface area contributed by atoms with Gasteiger partial charge in [0.25, 0.3) is 5.91 Å². The van der Waals surface area contributed by atoms with Gasteiger partial charge in [0.15, 0.2) is 0 Å². The smallest absolute Gasteiger partial charge is 0.408 e. The second-order valence-electron chi connectivity index (χ2n) is 15.5. The van der Waals surface area contributed by atoms with E-state index in [-0.39, 0.29) is 25.6 Å². The highest BCUT2D eigenvalue weighted by Crippen LogP contribution is 2.22. The number of alkyl carbamates (subject to hydrolysis) is 1. The first-order valence-corrected chi connectivity index (χ1v) is 17.9. The molecule has 0 spiro atoms. The summed E-state index contributed by atoms with van der Waals surface area (Å²) in [6.07, 6.45) is 0.181. The Kier molecular flexibility index (Phi) is 14.3. The summed E-state index contributed by atoms with van der Waals surface area (Å²) in [6, 6.07) is 29.7. The molecule has 0 radical (unpaired) electrons. The van der Waals surface area contributed by atoms with Gasteiger partial charge in [0.2, 0.25) is 5.91 Å². The minimum atomic E-state index is -1.14. The van der Waals surface area contributed by atoms with Crippen molar-refractivity contribution in [2.75, 3.05) is 6.54 Å². The normalized spacial score (nSPS) is 14.1. The lowest BCUT2D eigenvalue weighted by atomic mass is 9.86. The maximum Gasteiger partial charge on any atom is 0.408 e. The number of aromatic nitrogens is 1. The van der Waals surface area contributed by atoms with E-state index in [4.69, 9.17) is 10.5 Å². The molecule has 3 amide bonds. The summed E-state index contributed by atoms with van der Waals surface area (Å²) < 4.78 is 5.45. The summed E-state index contributed by atoms with van der Waals surface area (Å²) in [5.41, 5.74) is 12.4. The van der Waals surface area contributed by atoms with Gasteiger partial charge < -0.3 is 26.2 Å². The number of carbonyl (C=O) groups is 3. The van der Waals surface area contributed by atoms with Crippen molar-refractivity contribution in [3.63, 3.8) is 0 Å². The number of hydrogen-bond acceptors (Lipinski definition) is 8. The molecule has 3 aromatic carbocycles. The zero-order valence-electron chi connectivity index (χ0n) is 31.6. The molecule has 0 aliphatic carbocycles. The molecule has 282 valence electrons. The van der Waals surface area contributed by atoms with Crippen LogP contribution >= 0.6 is 0 Å². The van der Waals surface area contributed by atoms with E-state index in [1.807, 2.05) is 145 Å². The largest absolute Gasteiger partial charge is 0.445 e. The highest BCUT2D eigenvalue weighted by Gasteiger charge is 2.36. The quantitative estimate of drug-likeness (QED) is 0.102. The molecule has 4 rings (SSSR count). The second-order valence-corrected chi connectivity index (χ2v) is 15.5. The van der Waals surface area contributed by atoms with Crippen molar-refractivity contribution in [2.45, 2.75) is 85.3 Å². The third-order valence-electron chi connectivity index (χ3n) is 8.87. The molecule has 4 atom stereocenters. The molecule has 1 aromatic heterocycles. The number of nitrogens with zero attached hydrogens (tertiary/aromatic N) is 2. The SMILES string of the molecule is CC(C)(C)C(NC(=O)OCc1ccccc1)C(=O)NN(Cc1ccc(-c2ccccn2)cc1)C[C@H](O)[C@H](Cc1ccccc1)NC(=O)[C@@H](N)C(C)(C)C. The van der Waals surface area contributed by atoms with E-state index in [2.05, 4.69) is 21.0 Å². The van der Waals surface area contributed by atoms with Gasteiger partial charge in [-0.3, -0.25) is 20.0 Å². The van der Waals surface area contributed by atoms with E-state index in [1.165, 1.54) is 0 Å². The monoisotopic (exact) mass is 722 g/mol. The molecule has 53 heavy (non-hydrogen) atoms. The summed E-state index contributed by atoms with van der Waals surface area (Å²) >= 11 is 0. The van der Waals surface area contributed by atoms with Gasteiger partial charge in [-0.1, -0.05) is 133 Å². The van der Waals surface area contributed by atoms with E-state index >= 15 is 0 Å². The van der Waals surface area contributed by atoms with Crippen LogP contribution < -0.4 is 21.8 Å². The number of amides is 3. The molecule has 0 saturated carbocycles. The van der Waals surface area contributed by atoms with Crippen LogP contribution in [0, 0.1) is 10.8 Å². The lowest BCUT2D eigenvalue weighted by molar-refractivity contribution is -0.132. The van der Waals surface area contributed by atoms with Gasteiger partial charge in [-0.05, 0) is 46.1 Å². The van der Waals surface area contributed by atoms with Gasteiger partial charge in [-0.2, -0.15) is 0 Å². The number of hydrazine groups is 1. The Hall–Kier alpha value is -5.10. The Morgan fingerprint density at radius 2 is 1.36 bits per heavy atom. The highest BCUT2D eigenvalue weighted by atomic mass is 16.5. The third kappa shape index (κ3) is 12.8. The zero-order valence-corrected chi connectivity index (χ0v) is 31.6. The van der Waals surface area contributed by atoms with E-state index < -0.39 is 47.1 Å². The molecule has 0 bridgehead atoms. The number of hydrogen-bond donors (Lipinski definition) is 5. The second kappa shape index (κ2) is 18.6. The molecule has 11 heteroatoms. The van der Waals surface area contributed by atoms with Crippen molar-refractivity contribution in [3.8, 4) is 11.3 Å². The number of aliphatic hydroxyl groups is 1. The molecule has 0 aliphatic heterocycles. The van der Waals surface area contributed by atoms with Gasteiger partial charge in [0.05, 0.1) is 23.9 Å². The maximum absolute atomic E-state index is 14.1. The molecular formula is C42H54N6O5. The lowest BCUT2D eigenvalue weighted by Gasteiger charge is -2.35. The number of nitrogens with one attached hydrogen (secondary N) is 3. The Morgan fingerprint density at radius 1 is 0.755 bits per heavy atom.